The maximum absolute atomic E-state index is 12.4. The molecule has 1 fully saturated rings. The molecule has 0 radical (unpaired) electrons. The predicted octanol–water partition coefficient (Wildman–Crippen LogP) is 1.00. The smallest absolute Gasteiger partial charge is 0.255 e. The number of nitrogens with one attached hydrogen (secondary N) is 1. The molecule has 0 spiro atoms. The van der Waals surface area contributed by atoms with E-state index >= 15 is 0 Å². The summed E-state index contributed by atoms with van der Waals surface area (Å²) in [6.45, 7) is 4.51. The van der Waals surface area contributed by atoms with Gasteiger partial charge in [0.05, 0.1) is 11.8 Å². The number of pyridine rings is 1. The molecule has 1 amide bonds. The molecule has 1 aromatic rings. The SMILES string of the molecule is CCN(C(=O)c1cncc(O)c1)C1CCCNC1. The van der Waals surface area contributed by atoms with Crippen LogP contribution in [-0.2, 0) is 0 Å². The minimum absolute atomic E-state index is 0.0265. The van der Waals surface area contributed by atoms with Gasteiger partial charge in [0.1, 0.15) is 5.75 Å². The summed E-state index contributed by atoms with van der Waals surface area (Å²) in [7, 11) is 0. The maximum Gasteiger partial charge on any atom is 0.255 e. The van der Waals surface area contributed by atoms with E-state index in [-0.39, 0.29) is 17.7 Å². The van der Waals surface area contributed by atoms with E-state index in [4.69, 9.17) is 0 Å². The van der Waals surface area contributed by atoms with Gasteiger partial charge < -0.3 is 15.3 Å². The van der Waals surface area contributed by atoms with Crippen molar-refractivity contribution in [1.82, 2.24) is 15.2 Å². The highest BCUT2D eigenvalue weighted by atomic mass is 16.3. The zero-order valence-corrected chi connectivity index (χ0v) is 10.6. The van der Waals surface area contributed by atoms with Crippen LogP contribution >= 0.6 is 0 Å². The van der Waals surface area contributed by atoms with Gasteiger partial charge in [0.25, 0.3) is 5.91 Å². The van der Waals surface area contributed by atoms with Crippen molar-refractivity contribution in [3.05, 3.63) is 24.0 Å². The monoisotopic (exact) mass is 249 g/mol. The molecule has 5 nitrogen and oxygen atoms in total. The Labute approximate surface area is 107 Å². The average Bonchev–Trinajstić information content (AvgIpc) is 2.41. The molecule has 2 N–H and O–H groups in total. The minimum atomic E-state index is -0.0606. The summed E-state index contributed by atoms with van der Waals surface area (Å²) in [4.78, 5) is 18.1. The number of likely N-dealkylation sites (N-methyl/N-ethyl adjacent to an activating group) is 1. The fourth-order valence-electron chi connectivity index (χ4n) is 2.38. The molecule has 18 heavy (non-hydrogen) atoms. The Morgan fingerprint density at radius 1 is 1.61 bits per heavy atom. The lowest BCUT2D eigenvalue weighted by atomic mass is 10.0. The first-order valence-electron chi connectivity index (χ1n) is 6.38. The number of aromatic nitrogens is 1. The number of nitrogens with zero attached hydrogens (tertiary/aromatic N) is 2. The van der Waals surface area contributed by atoms with Gasteiger partial charge in [-0.1, -0.05) is 0 Å². The van der Waals surface area contributed by atoms with Gasteiger partial charge in [-0.15, -0.1) is 0 Å². The van der Waals surface area contributed by atoms with Crippen molar-refractivity contribution in [2.75, 3.05) is 19.6 Å². The van der Waals surface area contributed by atoms with Crippen LogP contribution in [0.15, 0.2) is 18.5 Å². The zero-order chi connectivity index (χ0) is 13.0. The molecular weight excluding hydrogens is 230 g/mol. The molecule has 2 rings (SSSR count). The van der Waals surface area contributed by atoms with E-state index < -0.39 is 0 Å². The van der Waals surface area contributed by atoms with E-state index in [9.17, 15) is 9.90 Å². The second-order valence-electron chi connectivity index (χ2n) is 4.52. The Balaban J connectivity index is 2.14. The number of rotatable bonds is 3. The molecular formula is C13H19N3O2. The first-order valence-corrected chi connectivity index (χ1v) is 6.38. The number of hydrogen-bond acceptors (Lipinski definition) is 4. The van der Waals surface area contributed by atoms with Crippen LogP contribution in [0, 0.1) is 0 Å². The molecule has 98 valence electrons. The van der Waals surface area contributed by atoms with Crippen LogP contribution in [0.4, 0.5) is 0 Å². The van der Waals surface area contributed by atoms with Crippen molar-refractivity contribution < 1.29 is 9.90 Å². The van der Waals surface area contributed by atoms with Gasteiger partial charge in [0.15, 0.2) is 0 Å². The van der Waals surface area contributed by atoms with Crippen molar-refractivity contribution in [1.29, 1.82) is 0 Å². The highest BCUT2D eigenvalue weighted by Crippen LogP contribution is 2.16. The topological polar surface area (TPSA) is 65.5 Å². The summed E-state index contributed by atoms with van der Waals surface area (Å²) in [6, 6.07) is 1.70. The van der Waals surface area contributed by atoms with Crippen LogP contribution < -0.4 is 5.32 Å². The molecule has 1 aliphatic rings. The normalized spacial score (nSPS) is 19.5. The number of piperidine rings is 1. The van der Waals surface area contributed by atoms with E-state index in [0.717, 1.165) is 25.9 Å². The van der Waals surface area contributed by atoms with Gasteiger partial charge in [-0.25, -0.2) is 0 Å². The van der Waals surface area contributed by atoms with Crippen molar-refractivity contribution in [2.24, 2.45) is 0 Å². The summed E-state index contributed by atoms with van der Waals surface area (Å²) >= 11 is 0. The molecule has 2 heterocycles. The van der Waals surface area contributed by atoms with Crippen LogP contribution in [0.2, 0.25) is 0 Å². The van der Waals surface area contributed by atoms with Gasteiger partial charge in [-0.05, 0) is 32.4 Å². The Morgan fingerprint density at radius 3 is 3.06 bits per heavy atom. The van der Waals surface area contributed by atoms with Crippen molar-refractivity contribution in [3.8, 4) is 5.75 Å². The molecule has 1 atom stereocenters. The maximum atomic E-state index is 12.4. The summed E-state index contributed by atoms with van der Waals surface area (Å²) in [6.07, 6.45) is 4.95. The quantitative estimate of drug-likeness (QED) is 0.839. The summed E-state index contributed by atoms with van der Waals surface area (Å²) < 4.78 is 0. The van der Waals surface area contributed by atoms with Crippen LogP contribution in [0.3, 0.4) is 0 Å². The van der Waals surface area contributed by atoms with Crippen LogP contribution in [0.1, 0.15) is 30.1 Å². The van der Waals surface area contributed by atoms with Gasteiger partial charge in [-0.2, -0.15) is 0 Å². The van der Waals surface area contributed by atoms with E-state index in [2.05, 4.69) is 10.3 Å². The predicted molar refractivity (Wildman–Crippen MR) is 68.5 cm³/mol. The molecule has 0 bridgehead atoms. The van der Waals surface area contributed by atoms with Crippen LogP contribution in [0.5, 0.6) is 5.75 Å². The summed E-state index contributed by atoms with van der Waals surface area (Å²) in [5.74, 6) is -0.0340. The van der Waals surface area contributed by atoms with Gasteiger partial charge in [0.2, 0.25) is 0 Å². The number of aromatic hydroxyl groups is 1. The Kier molecular flexibility index (Phi) is 4.15. The fraction of sp³-hybridized carbons (Fsp3) is 0.538. The number of amides is 1. The van der Waals surface area contributed by atoms with E-state index in [1.54, 1.807) is 0 Å². The third kappa shape index (κ3) is 2.79. The first kappa shape index (κ1) is 12.8. The molecule has 0 aromatic carbocycles. The van der Waals surface area contributed by atoms with E-state index in [0.29, 0.717) is 12.1 Å². The van der Waals surface area contributed by atoms with Gasteiger partial charge in [0, 0.05) is 25.3 Å². The van der Waals surface area contributed by atoms with Crippen molar-refractivity contribution >= 4 is 5.91 Å². The molecule has 1 aromatic heterocycles. The molecule has 1 unspecified atom stereocenters. The molecule has 5 heteroatoms. The third-order valence-electron chi connectivity index (χ3n) is 3.28. The largest absolute Gasteiger partial charge is 0.506 e. The third-order valence-corrected chi connectivity index (χ3v) is 3.28. The Bertz CT molecular complexity index is 416. The van der Waals surface area contributed by atoms with Crippen LogP contribution in [0.25, 0.3) is 0 Å². The second-order valence-corrected chi connectivity index (χ2v) is 4.52. The summed E-state index contributed by atoms with van der Waals surface area (Å²) in [5, 5.41) is 12.7. The Morgan fingerprint density at radius 2 is 2.44 bits per heavy atom. The fourth-order valence-corrected chi connectivity index (χ4v) is 2.38. The lowest BCUT2D eigenvalue weighted by molar-refractivity contribution is 0.0661. The highest BCUT2D eigenvalue weighted by Gasteiger charge is 2.25. The van der Waals surface area contributed by atoms with Gasteiger partial charge >= 0.3 is 0 Å². The van der Waals surface area contributed by atoms with E-state index in [1.807, 2.05) is 11.8 Å². The number of carbonyl (C=O) groups excluding carboxylic acids is 1. The molecule has 1 aliphatic heterocycles. The molecule has 0 saturated carbocycles. The summed E-state index contributed by atoms with van der Waals surface area (Å²) in [5.41, 5.74) is 0.447. The number of carbonyl (C=O) groups is 1. The highest BCUT2D eigenvalue weighted by molar-refractivity contribution is 5.94. The molecule has 0 aliphatic carbocycles. The standard InChI is InChI=1S/C13H19N3O2/c1-2-16(11-4-3-5-14-8-11)13(18)10-6-12(17)9-15-7-10/h6-7,9,11,14,17H,2-5,8H2,1H3. The number of hydrogen-bond donors (Lipinski definition) is 2. The zero-order valence-electron chi connectivity index (χ0n) is 10.6. The van der Waals surface area contributed by atoms with Gasteiger partial charge in [-0.3, -0.25) is 9.78 Å². The lowest BCUT2D eigenvalue weighted by Gasteiger charge is -2.34. The van der Waals surface area contributed by atoms with Crippen molar-refractivity contribution in [2.45, 2.75) is 25.8 Å². The average molecular weight is 249 g/mol. The van der Waals surface area contributed by atoms with E-state index in [1.165, 1.54) is 18.5 Å². The first-order chi connectivity index (χ1) is 8.72. The van der Waals surface area contributed by atoms with Crippen LogP contribution in [-0.4, -0.2) is 46.6 Å². The van der Waals surface area contributed by atoms with Crippen molar-refractivity contribution in [3.63, 3.8) is 0 Å². The second kappa shape index (κ2) is 5.82. The molecule has 1 saturated heterocycles. The minimum Gasteiger partial charge on any atom is -0.506 e. The lowest BCUT2D eigenvalue weighted by Crippen LogP contribution is -2.48. The Hall–Kier alpha value is -1.62.